The molecule has 1 saturated heterocycles. The normalized spacial score (nSPS) is 18.6. The highest BCUT2D eigenvalue weighted by atomic mass is 35.5. The Morgan fingerprint density at radius 2 is 2.26 bits per heavy atom. The van der Waals surface area contributed by atoms with Crippen LogP contribution in [0.15, 0.2) is 16.9 Å². The standard InChI is InChI=1S/C11H14ClN5O2/c12-7-11(3-5-19-6-4-11)13-8-1-2-9-14-15-10(18)17(9)16-8/h1-2H,3-7H2,(H,13,16)(H,15,18). The maximum absolute atomic E-state index is 11.5. The maximum Gasteiger partial charge on any atom is 0.364 e. The number of rotatable bonds is 3. The first-order chi connectivity index (χ1) is 9.22. The monoisotopic (exact) mass is 283 g/mol. The minimum absolute atomic E-state index is 0.228. The van der Waals surface area contributed by atoms with E-state index in [0.29, 0.717) is 30.6 Å². The maximum atomic E-state index is 11.5. The summed E-state index contributed by atoms with van der Waals surface area (Å²) < 4.78 is 6.58. The Morgan fingerprint density at radius 3 is 3.00 bits per heavy atom. The number of halogens is 1. The van der Waals surface area contributed by atoms with Crippen LogP contribution in [0.1, 0.15) is 12.8 Å². The van der Waals surface area contributed by atoms with Gasteiger partial charge in [0.25, 0.3) is 0 Å². The third-order valence-electron chi connectivity index (χ3n) is 3.37. The lowest BCUT2D eigenvalue weighted by Gasteiger charge is -2.36. The summed E-state index contributed by atoms with van der Waals surface area (Å²) >= 11 is 6.08. The molecule has 2 aromatic rings. The Hall–Kier alpha value is -1.60. The van der Waals surface area contributed by atoms with E-state index in [1.54, 1.807) is 12.1 Å². The number of nitrogens with zero attached hydrogens (tertiary/aromatic N) is 3. The molecule has 3 rings (SSSR count). The number of ether oxygens (including phenoxy) is 1. The molecule has 0 spiro atoms. The van der Waals surface area contributed by atoms with Crippen molar-refractivity contribution in [3.05, 3.63) is 22.6 Å². The fourth-order valence-electron chi connectivity index (χ4n) is 2.20. The number of anilines is 1. The van der Waals surface area contributed by atoms with Crippen molar-refractivity contribution in [2.24, 2.45) is 0 Å². The van der Waals surface area contributed by atoms with Crippen molar-refractivity contribution in [1.29, 1.82) is 0 Å². The van der Waals surface area contributed by atoms with Crippen LogP contribution < -0.4 is 11.0 Å². The molecule has 0 unspecified atom stereocenters. The van der Waals surface area contributed by atoms with Gasteiger partial charge in [0.05, 0.1) is 5.54 Å². The van der Waals surface area contributed by atoms with E-state index in [-0.39, 0.29) is 11.2 Å². The molecule has 0 aromatic carbocycles. The third-order valence-corrected chi connectivity index (χ3v) is 3.88. The first-order valence-corrected chi connectivity index (χ1v) is 6.62. The van der Waals surface area contributed by atoms with E-state index < -0.39 is 0 Å². The van der Waals surface area contributed by atoms with Crippen molar-refractivity contribution >= 4 is 23.1 Å². The van der Waals surface area contributed by atoms with Crippen LogP contribution in [0, 0.1) is 0 Å². The van der Waals surface area contributed by atoms with Gasteiger partial charge in [-0.15, -0.1) is 16.7 Å². The van der Waals surface area contributed by atoms with E-state index in [1.807, 2.05) is 0 Å². The number of hydrogen-bond acceptors (Lipinski definition) is 5. The Bertz CT molecular complexity index is 631. The van der Waals surface area contributed by atoms with Crippen LogP contribution in [-0.2, 0) is 4.74 Å². The summed E-state index contributed by atoms with van der Waals surface area (Å²) in [6.45, 7) is 1.35. The number of hydrogen-bond donors (Lipinski definition) is 2. The molecule has 1 aliphatic heterocycles. The van der Waals surface area contributed by atoms with Crippen molar-refractivity contribution in [1.82, 2.24) is 19.8 Å². The first-order valence-electron chi connectivity index (χ1n) is 6.09. The van der Waals surface area contributed by atoms with Gasteiger partial charge in [0.2, 0.25) is 0 Å². The molecule has 0 amide bonds. The van der Waals surface area contributed by atoms with Crippen LogP contribution in [0.25, 0.3) is 5.65 Å². The first kappa shape index (κ1) is 12.4. The fourth-order valence-corrected chi connectivity index (χ4v) is 2.53. The summed E-state index contributed by atoms with van der Waals surface area (Å²) in [6, 6.07) is 3.52. The highest BCUT2D eigenvalue weighted by Gasteiger charge is 2.32. The minimum atomic E-state index is -0.356. The second kappa shape index (κ2) is 4.82. The van der Waals surface area contributed by atoms with Gasteiger partial charge in [0.15, 0.2) is 5.65 Å². The zero-order valence-corrected chi connectivity index (χ0v) is 11.0. The predicted molar refractivity (Wildman–Crippen MR) is 70.7 cm³/mol. The highest BCUT2D eigenvalue weighted by molar-refractivity contribution is 6.18. The molecular formula is C11H14ClN5O2. The number of H-pyrrole nitrogens is 1. The van der Waals surface area contributed by atoms with Gasteiger partial charge < -0.3 is 10.1 Å². The summed E-state index contributed by atoms with van der Waals surface area (Å²) in [5.74, 6) is 1.08. The van der Waals surface area contributed by atoms with E-state index >= 15 is 0 Å². The third kappa shape index (κ3) is 2.31. The minimum Gasteiger partial charge on any atom is -0.381 e. The largest absolute Gasteiger partial charge is 0.381 e. The summed E-state index contributed by atoms with van der Waals surface area (Å²) in [5, 5.41) is 13.7. The molecule has 102 valence electrons. The number of aromatic amines is 1. The van der Waals surface area contributed by atoms with Crippen molar-refractivity contribution in [2.45, 2.75) is 18.4 Å². The quantitative estimate of drug-likeness (QED) is 0.807. The molecule has 0 bridgehead atoms. The van der Waals surface area contributed by atoms with Crippen LogP contribution in [-0.4, -0.2) is 44.4 Å². The topological polar surface area (TPSA) is 84.3 Å². The molecule has 2 N–H and O–H groups in total. The van der Waals surface area contributed by atoms with Crippen LogP contribution in [0.4, 0.5) is 5.82 Å². The van der Waals surface area contributed by atoms with Gasteiger partial charge in [-0.3, -0.25) is 0 Å². The second-order valence-electron chi connectivity index (χ2n) is 4.67. The Morgan fingerprint density at radius 1 is 1.47 bits per heavy atom. The lowest BCUT2D eigenvalue weighted by atomic mass is 9.92. The van der Waals surface area contributed by atoms with Gasteiger partial charge in [0, 0.05) is 19.1 Å². The molecule has 8 heteroatoms. The van der Waals surface area contributed by atoms with E-state index in [0.717, 1.165) is 12.8 Å². The summed E-state index contributed by atoms with van der Waals surface area (Å²) in [4.78, 5) is 11.5. The van der Waals surface area contributed by atoms with Gasteiger partial charge in [0.1, 0.15) is 5.82 Å². The zero-order valence-electron chi connectivity index (χ0n) is 10.2. The molecule has 0 radical (unpaired) electrons. The average molecular weight is 284 g/mol. The smallest absolute Gasteiger partial charge is 0.364 e. The number of fused-ring (bicyclic) bond motifs is 1. The molecule has 2 aromatic heterocycles. The van der Waals surface area contributed by atoms with Crippen LogP contribution in [0.5, 0.6) is 0 Å². The molecule has 1 aliphatic rings. The van der Waals surface area contributed by atoms with Crippen molar-refractivity contribution in [3.8, 4) is 0 Å². The van der Waals surface area contributed by atoms with E-state index in [2.05, 4.69) is 20.6 Å². The number of alkyl halides is 1. The SMILES string of the molecule is O=c1[nH]nc2ccc(NC3(CCl)CCOCC3)nn12. The van der Waals surface area contributed by atoms with E-state index in [4.69, 9.17) is 16.3 Å². The summed E-state index contributed by atoms with van der Waals surface area (Å²) in [7, 11) is 0. The van der Waals surface area contributed by atoms with E-state index in [9.17, 15) is 4.79 Å². The van der Waals surface area contributed by atoms with E-state index in [1.165, 1.54) is 4.52 Å². The van der Waals surface area contributed by atoms with Crippen molar-refractivity contribution in [3.63, 3.8) is 0 Å². The lowest BCUT2D eigenvalue weighted by molar-refractivity contribution is 0.0666. The van der Waals surface area contributed by atoms with Gasteiger partial charge in [-0.05, 0) is 25.0 Å². The summed E-state index contributed by atoms with van der Waals surface area (Å²) in [5.41, 5.74) is -0.0959. The second-order valence-corrected chi connectivity index (χ2v) is 4.94. The molecule has 19 heavy (non-hydrogen) atoms. The Labute approximate surface area is 113 Å². The molecule has 0 saturated carbocycles. The van der Waals surface area contributed by atoms with Gasteiger partial charge in [-0.1, -0.05) is 0 Å². The Balaban J connectivity index is 1.91. The van der Waals surface area contributed by atoms with Crippen LogP contribution in [0.2, 0.25) is 0 Å². The highest BCUT2D eigenvalue weighted by Crippen LogP contribution is 2.26. The average Bonchev–Trinajstić information content (AvgIpc) is 2.81. The Kier molecular flexibility index (Phi) is 3.16. The van der Waals surface area contributed by atoms with Crippen molar-refractivity contribution < 1.29 is 4.74 Å². The van der Waals surface area contributed by atoms with Crippen molar-refractivity contribution in [2.75, 3.05) is 24.4 Å². The number of nitrogens with one attached hydrogen (secondary N) is 2. The molecule has 7 nitrogen and oxygen atoms in total. The fraction of sp³-hybridized carbons (Fsp3) is 0.545. The molecule has 1 fully saturated rings. The molecule has 0 aliphatic carbocycles. The van der Waals surface area contributed by atoms with Gasteiger partial charge >= 0.3 is 5.69 Å². The van der Waals surface area contributed by atoms with Crippen LogP contribution >= 0.6 is 11.6 Å². The van der Waals surface area contributed by atoms with Crippen LogP contribution in [0.3, 0.4) is 0 Å². The summed E-state index contributed by atoms with van der Waals surface area (Å²) in [6.07, 6.45) is 1.63. The van der Waals surface area contributed by atoms with Gasteiger partial charge in [-0.2, -0.15) is 9.61 Å². The zero-order chi connectivity index (χ0) is 13.3. The molecule has 0 atom stereocenters. The predicted octanol–water partition coefficient (Wildman–Crippen LogP) is 0.617. The lowest BCUT2D eigenvalue weighted by Crippen LogP contribution is -2.45. The molecule has 3 heterocycles. The molecular weight excluding hydrogens is 270 g/mol. The number of aromatic nitrogens is 4. The van der Waals surface area contributed by atoms with Gasteiger partial charge in [-0.25, -0.2) is 9.89 Å².